The second-order valence-electron chi connectivity index (χ2n) is 4.57. The third-order valence-corrected chi connectivity index (χ3v) is 4.71. The smallest absolute Gasteiger partial charge is 0.0545 e. The number of hydrogen-bond acceptors (Lipinski definition) is 3. The second-order valence-corrected chi connectivity index (χ2v) is 6.06. The van der Waals surface area contributed by atoms with E-state index < -0.39 is 10.8 Å². The lowest BCUT2D eigenvalue weighted by atomic mass is 10.1. The Morgan fingerprint density at radius 2 is 2.12 bits per heavy atom. The Morgan fingerprint density at radius 3 is 2.88 bits per heavy atom. The number of aliphatic hydroxyl groups excluding tert-OH is 1. The molecule has 2 rings (SSSR count). The maximum atomic E-state index is 12.1. The van der Waals surface area contributed by atoms with Crippen LogP contribution in [0.25, 0.3) is 0 Å². The van der Waals surface area contributed by atoms with Crippen LogP contribution in [0.2, 0.25) is 0 Å². The third-order valence-electron chi connectivity index (χ3n) is 3.20. The summed E-state index contributed by atoms with van der Waals surface area (Å²) in [6.07, 6.45) is 3.96. The van der Waals surface area contributed by atoms with Gasteiger partial charge in [-0.05, 0) is 48.9 Å². The first-order valence-electron chi connectivity index (χ1n) is 6.07. The molecule has 0 aromatic heterocycles. The average Bonchev–Trinajstić information content (AvgIpc) is 2.75. The lowest BCUT2D eigenvalue weighted by Crippen LogP contribution is -2.28. The standard InChI is InChI=1S/C13H19NO2S/c14-12(6-7-15)9-17(16)13-5-4-10-2-1-3-11(10)8-13/h4-5,8,12,15H,1-3,6-7,9,14H2. The van der Waals surface area contributed by atoms with Crippen molar-refractivity contribution < 1.29 is 9.32 Å². The van der Waals surface area contributed by atoms with Crippen LogP contribution in [-0.2, 0) is 23.6 Å². The van der Waals surface area contributed by atoms with Crippen molar-refractivity contribution >= 4 is 10.8 Å². The van der Waals surface area contributed by atoms with Crippen LogP contribution in [0, 0.1) is 0 Å². The van der Waals surface area contributed by atoms with Gasteiger partial charge in [0.2, 0.25) is 0 Å². The van der Waals surface area contributed by atoms with Crippen LogP contribution < -0.4 is 5.73 Å². The molecule has 1 aliphatic rings. The first-order valence-corrected chi connectivity index (χ1v) is 7.39. The van der Waals surface area contributed by atoms with Crippen molar-refractivity contribution in [2.24, 2.45) is 5.73 Å². The topological polar surface area (TPSA) is 63.3 Å². The average molecular weight is 253 g/mol. The monoisotopic (exact) mass is 253 g/mol. The van der Waals surface area contributed by atoms with Gasteiger partial charge in [0.1, 0.15) is 0 Å². The van der Waals surface area contributed by atoms with E-state index in [0.29, 0.717) is 12.2 Å². The van der Waals surface area contributed by atoms with Gasteiger partial charge < -0.3 is 10.8 Å². The molecular formula is C13H19NO2S. The third kappa shape index (κ3) is 3.15. The molecule has 0 saturated heterocycles. The molecule has 3 nitrogen and oxygen atoms in total. The molecule has 2 atom stereocenters. The van der Waals surface area contributed by atoms with E-state index in [0.717, 1.165) is 17.7 Å². The molecule has 94 valence electrons. The summed E-state index contributed by atoms with van der Waals surface area (Å²) in [7, 11) is -1.04. The minimum absolute atomic E-state index is 0.0581. The van der Waals surface area contributed by atoms with Gasteiger partial charge in [0.05, 0.1) is 10.8 Å². The molecule has 0 bridgehead atoms. The Labute approximate surface area is 104 Å². The number of aryl methyl sites for hydroxylation is 2. The first-order chi connectivity index (χ1) is 8.20. The first kappa shape index (κ1) is 12.7. The van der Waals surface area contributed by atoms with Gasteiger partial charge in [-0.2, -0.15) is 0 Å². The highest BCUT2D eigenvalue weighted by atomic mass is 32.2. The molecule has 2 unspecified atom stereocenters. The van der Waals surface area contributed by atoms with E-state index in [9.17, 15) is 4.21 Å². The Hall–Kier alpha value is -0.710. The normalized spacial score (nSPS) is 17.8. The lowest BCUT2D eigenvalue weighted by Gasteiger charge is -2.10. The van der Waals surface area contributed by atoms with Crippen molar-refractivity contribution in [3.63, 3.8) is 0 Å². The number of benzene rings is 1. The van der Waals surface area contributed by atoms with Crippen LogP contribution in [0.5, 0.6) is 0 Å². The number of hydrogen-bond donors (Lipinski definition) is 2. The van der Waals surface area contributed by atoms with E-state index in [2.05, 4.69) is 12.1 Å². The van der Waals surface area contributed by atoms with E-state index in [-0.39, 0.29) is 12.6 Å². The van der Waals surface area contributed by atoms with Crippen molar-refractivity contribution in [1.29, 1.82) is 0 Å². The minimum atomic E-state index is -1.04. The molecule has 3 N–H and O–H groups in total. The van der Waals surface area contributed by atoms with Gasteiger partial charge in [0.15, 0.2) is 0 Å². The molecule has 17 heavy (non-hydrogen) atoms. The van der Waals surface area contributed by atoms with Crippen molar-refractivity contribution in [2.45, 2.75) is 36.6 Å². The van der Waals surface area contributed by atoms with Gasteiger partial charge in [0.25, 0.3) is 0 Å². The summed E-state index contributed by atoms with van der Waals surface area (Å²) in [5.41, 5.74) is 8.52. The van der Waals surface area contributed by atoms with Crippen LogP contribution >= 0.6 is 0 Å². The Bertz CT molecular complexity index is 420. The van der Waals surface area contributed by atoms with Crippen LogP contribution in [0.4, 0.5) is 0 Å². The van der Waals surface area contributed by atoms with Gasteiger partial charge in [-0.25, -0.2) is 0 Å². The molecule has 0 aliphatic heterocycles. The fraction of sp³-hybridized carbons (Fsp3) is 0.538. The fourth-order valence-electron chi connectivity index (χ4n) is 2.23. The van der Waals surface area contributed by atoms with E-state index in [1.165, 1.54) is 17.5 Å². The lowest BCUT2D eigenvalue weighted by molar-refractivity contribution is 0.279. The highest BCUT2D eigenvalue weighted by molar-refractivity contribution is 7.85. The number of nitrogens with two attached hydrogens (primary N) is 1. The highest BCUT2D eigenvalue weighted by Crippen LogP contribution is 2.24. The van der Waals surface area contributed by atoms with Crippen LogP contribution in [-0.4, -0.2) is 27.7 Å². The Kier molecular flexibility index (Phi) is 4.31. The van der Waals surface area contributed by atoms with Gasteiger partial charge in [0, 0.05) is 23.3 Å². The van der Waals surface area contributed by atoms with E-state index in [1.807, 2.05) is 6.07 Å². The molecule has 0 saturated carbocycles. The summed E-state index contributed by atoms with van der Waals surface area (Å²) in [6, 6.07) is 5.91. The molecular weight excluding hydrogens is 234 g/mol. The van der Waals surface area contributed by atoms with Crippen LogP contribution in [0.1, 0.15) is 24.0 Å². The zero-order valence-corrected chi connectivity index (χ0v) is 10.7. The molecule has 0 amide bonds. The molecule has 0 heterocycles. The highest BCUT2D eigenvalue weighted by Gasteiger charge is 2.14. The molecule has 0 spiro atoms. The number of fused-ring (bicyclic) bond motifs is 1. The quantitative estimate of drug-likeness (QED) is 0.822. The van der Waals surface area contributed by atoms with Gasteiger partial charge >= 0.3 is 0 Å². The zero-order chi connectivity index (χ0) is 12.3. The molecule has 0 radical (unpaired) electrons. The van der Waals surface area contributed by atoms with Crippen molar-refractivity contribution in [3.8, 4) is 0 Å². The van der Waals surface area contributed by atoms with Crippen molar-refractivity contribution in [1.82, 2.24) is 0 Å². The van der Waals surface area contributed by atoms with Crippen molar-refractivity contribution in [3.05, 3.63) is 29.3 Å². The summed E-state index contributed by atoms with van der Waals surface area (Å²) >= 11 is 0. The molecule has 4 heteroatoms. The van der Waals surface area contributed by atoms with E-state index in [1.54, 1.807) is 0 Å². The predicted molar refractivity (Wildman–Crippen MR) is 69.4 cm³/mol. The summed E-state index contributed by atoms with van der Waals surface area (Å²) < 4.78 is 12.1. The predicted octanol–water partition coefficient (Wildman–Crippen LogP) is 0.993. The molecule has 1 aromatic carbocycles. The maximum absolute atomic E-state index is 12.1. The Morgan fingerprint density at radius 1 is 1.35 bits per heavy atom. The molecule has 0 fully saturated rings. The molecule has 1 aromatic rings. The second kappa shape index (κ2) is 5.76. The maximum Gasteiger partial charge on any atom is 0.0545 e. The molecule has 1 aliphatic carbocycles. The van der Waals surface area contributed by atoms with Gasteiger partial charge in [-0.1, -0.05) is 6.07 Å². The summed E-state index contributed by atoms with van der Waals surface area (Å²) in [5.74, 6) is 0.430. The largest absolute Gasteiger partial charge is 0.396 e. The Balaban J connectivity index is 2.04. The SMILES string of the molecule is NC(CCO)CS(=O)c1ccc2c(c1)CCC2. The zero-order valence-electron chi connectivity index (χ0n) is 9.89. The van der Waals surface area contributed by atoms with Crippen LogP contribution in [0.15, 0.2) is 23.1 Å². The van der Waals surface area contributed by atoms with Gasteiger partial charge in [-0.3, -0.25) is 4.21 Å². The fourth-order valence-corrected chi connectivity index (χ4v) is 3.47. The summed E-state index contributed by atoms with van der Waals surface area (Å²) in [6.45, 7) is 0.0581. The minimum Gasteiger partial charge on any atom is -0.396 e. The van der Waals surface area contributed by atoms with Crippen molar-refractivity contribution in [2.75, 3.05) is 12.4 Å². The van der Waals surface area contributed by atoms with E-state index >= 15 is 0 Å². The van der Waals surface area contributed by atoms with E-state index in [4.69, 9.17) is 10.8 Å². The summed E-state index contributed by atoms with van der Waals surface area (Å²) in [4.78, 5) is 0.874. The number of aliphatic hydroxyl groups is 1. The van der Waals surface area contributed by atoms with Crippen LogP contribution in [0.3, 0.4) is 0 Å². The summed E-state index contributed by atoms with van der Waals surface area (Å²) in [5, 5.41) is 8.77. The number of rotatable bonds is 5. The van der Waals surface area contributed by atoms with Gasteiger partial charge in [-0.15, -0.1) is 0 Å².